The molecule has 0 amide bonds. The largest absolute Gasteiger partial charge is 0.330 e. The highest BCUT2D eigenvalue weighted by atomic mass is 32.1. The Kier molecular flexibility index (Phi) is 3.98. The van der Waals surface area contributed by atoms with Gasteiger partial charge in [-0.05, 0) is 61.2 Å². The molecular formula is C20H24N4OS. The average Bonchev–Trinajstić information content (AvgIpc) is 3.09. The van der Waals surface area contributed by atoms with Gasteiger partial charge in [-0.25, -0.2) is 9.78 Å². The standard InChI is InChI=1S/C20H24N4OS/c1-14-7-10-26-18(14)13-22-9-6-16(12-22)24-19-17(3-2-8-21-19)23(20(24)25)11-15-4-5-15/h2-3,7-8,10,15-16H,4-6,9,11-13H2,1H3/t16-/m1/s1. The molecule has 1 saturated carbocycles. The zero-order valence-corrected chi connectivity index (χ0v) is 15.9. The minimum Gasteiger partial charge on any atom is -0.296 e. The maximum atomic E-state index is 13.2. The number of nitrogens with zero attached hydrogens (tertiary/aromatic N) is 4. The Morgan fingerprint density at radius 2 is 2.15 bits per heavy atom. The molecule has 26 heavy (non-hydrogen) atoms. The van der Waals surface area contributed by atoms with E-state index in [4.69, 9.17) is 0 Å². The highest BCUT2D eigenvalue weighted by molar-refractivity contribution is 7.10. The molecule has 3 aromatic heterocycles. The summed E-state index contributed by atoms with van der Waals surface area (Å²) in [6, 6.07) is 6.40. The third kappa shape index (κ3) is 2.81. The van der Waals surface area contributed by atoms with Crippen molar-refractivity contribution in [2.24, 2.45) is 5.92 Å². The van der Waals surface area contributed by atoms with Gasteiger partial charge < -0.3 is 0 Å². The minimum atomic E-state index is 0.129. The Morgan fingerprint density at radius 1 is 1.27 bits per heavy atom. The number of aromatic nitrogens is 3. The van der Waals surface area contributed by atoms with E-state index < -0.39 is 0 Å². The van der Waals surface area contributed by atoms with Crippen LogP contribution in [0.15, 0.2) is 34.6 Å². The molecule has 1 aliphatic carbocycles. The van der Waals surface area contributed by atoms with Gasteiger partial charge >= 0.3 is 5.69 Å². The number of hydrogen-bond donors (Lipinski definition) is 0. The molecule has 3 aromatic rings. The van der Waals surface area contributed by atoms with Crippen LogP contribution in [-0.2, 0) is 13.1 Å². The molecule has 1 aliphatic heterocycles. The van der Waals surface area contributed by atoms with Gasteiger partial charge in [-0.1, -0.05) is 0 Å². The first-order chi connectivity index (χ1) is 12.7. The predicted octanol–water partition coefficient (Wildman–Crippen LogP) is 3.42. The molecule has 2 aliphatic rings. The molecule has 0 spiro atoms. The molecule has 0 radical (unpaired) electrons. The maximum absolute atomic E-state index is 13.2. The topological polar surface area (TPSA) is 43.1 Å². The van der Waals surface area contributed by atoms with E-state index in [0.717, 1.165) is 43.8 Å². The summed E-state index contributed by atoms with van der Waals surface area (Å²) in [6.45, 7) is 5.98. The lowest BCUT2D eigenvalue weighted by atomic mass is 10.2. The summed E-state index contributed by atoms with van der Waals surface area (Å²) in [5.41, 5.74) is 3.36. The number of thiophene rings is 1. The van der Waals surface area contributed by atoms with Gasteiger partial charge in [0.25, 0.3) is 0 Å². The third-order valence-corrected chi connectivity index (χ3v) is 6.82. The second-order valence-electron chi connectivity index (χ2n) is 7.76. The van der Waals surface area contributed by atoms with Gasteiger partial charge in [-0.15, -0.1) is 11.3 Å². The molecule has 4 heterocycles. The van der Waals surface area contributed by atoms with Crippen molar-refractivity contribution in [2.75, 3.05) is 13.1 Å². The number of aryl methyl sites for hydroxylation is 1. The van der Waals surface area contributed by atoms with Gasteiger partial charge in [0.15, 0.2) is 5.65 Å². The molecule has 136 valence electrons. The van der Waals surface area contributed by atoms with Crippen LogP contribution in [0.25, 0.3) is 11.2 Å². The fourth-order valence-corrected chi connectivity index (χ4v) is 5.06. The Bertz CT molecular complexity index is 997. The number of pyridine rings is 1. The van der Waals surface area contributed by atoms with Crippen molar-refractivity contribution < 1.29 is 0 Å². The molecule has 1 atom stereocenters. The van der Waals surface area contributed by atoms with E-state index in [1.807, 2.05) is 38.8 Å². The minimum absolute atomic E-state index is 0.129. The second-order valence-corrected chi connectivity index (χ2v) is 8.76. The molecule has 6 heteroatoms. The van der Waals surface area contributed by atoms with Crippen molar-refractivity contribution in [3.63, 3.8) is 0 Å². The molecule has 5 rings (SSSR count). The van der Waals surface area contributed by atoms with E-state index in [0.29, 0.717) is 5.92 Å². The molecule has 5 nitrogen and oxygen atoms in total. The maximum Gasteiger partial charge on any atom is 0.330 e. The second kappa shape index (κ2) is 6.35. The normalized spacial score (nSPS) is 21.0. The summed E-state index contributed by atoms with van der Waals surface area (Å²) in [5.74, 6) is 0.675. The van der Waals surface area contributed by atoms with E-state index in [1.54, 1.807) is 0 Å². The molecule has 0 aromatic carbocycles. The highest BCUT2D eigenvalue weighted by Crippen LogP contribution is 2.32. The van der Waals surface area contributed by atoms with E-state index >= 15 is 0 Å². The van der Waals surface area contributed by atoms with Gasteiger partial charge in [0.05, 0.1) is 11.6 Å². The first kappa shape index (κ1) is 16.3. The quantitative estimate of drug-likeness (QED) is 0.693. The van der Waals surface area contributed by atoms with Crippen LogP contribution in [-0.4, -0.2) is 32.1 Å². The average molecular weight is 369 g/mol. The smallest absolute Gasteiger partial charge is 0.296 e. The van der Waals surface area contributed by atoms with Crippen molar-refractivity contribution in [1.29, 1.82) is 0 Å². The van der Waals surface area contributed by atoms with Crippen molar-refractivity contribution in [2.45, 2.75) is 45.3 Å². The lowest BCUT2D eigenvalue weighted by Crippen LogP contribution is -2.30. The SMILES string of the molecule is Cc1ccsc1CN1CC[C@@H](n2c(=O)n(CC3CC3)c3cccnc32)C1. The van der Waals surface area contributed by atoms with Gasteiger partial charge in [-0.3, -0.25) is 14.0 Å². The molecule has 0 unspecified atom stereocenters. The molecule has 2 fully saturated rings. The summed E-state index contributed by atoms with van der Waals surface area (Å²) < 4.78 is 3.94. The first-order valence-corrected chi connectivity index (χ1v) is 10.4. The van der Waals surface area contributed by atoms with E-state index in [2.05, 4.69) is 28.3 Å². The number of likely N-dealkylation sites (tertiary alicyclic amines) is 1. The van der Waals surface area contributed by atoms with Gasteiger partial charge in [0.1, 0.15) is 0 Å². The molecule has 1 saturated heterocycles. The van der Waals surface area contributed by atoms with E-state index in [1.165, 1.54) is 23.3 Å². The van der Waals surface area contributed by atoms with Crippen LogP contribution in [0.3, 0.4) is 0 Å². The van der Waals surface area contributed by atoms with E-state index in [9.17, 15) is 4.79 Å². The zero-order valence-electron chi connectivity index (χ0n) is 15.1. The number of imidazole rings is 1. The fourth-order valence-electron chi connectivity index (χ4n) is 4.11. The Labute approximate surface area is 156 Å². The Hall–Kier alpha value is -1.92. The third-order valence-electron chi connectivity index (χ3n) is 5.81. The summed E-state index contributed by atoms with van der Waals surface area (Å²) in [5, 5.41) is 2.16. The summed E-state index contributed by atoms with van der Waals surface area (Å²) in [7, 11) is 0. The van der Waals surface area contributed by atoms with E-state index in [-0.39, 0.29) is 11.7 Å². The van der Waals surface area contributed by atoms with Crippen LogP contribution in [0.1, 0.15) is 35.7 Å². The number of hydrogen-bond acceptors (Lipinski definition) is 4. The molecule has 0 bridgehead atoms. The summed E-state index contributed by atoms with van der Waals surface area (Å²) in [4.78, 5) is 21.7. The predicted molar refractivity (Wildman–Crippen MR) is 105 cm³/mol. The number of rotatable bonds is 5. The van der Waals surface area contributed by atoms with Crippen molar-refractivity contribution in [3.8, 4) is 0 Å². The van der Waals surface area contributed by atoms with Crippen LogP contribution >= 0.6 is 11.3 Å². The summed E-state index contributed by atoms with van der Waals surface area (Å²) in [6.07, 6.45) is 5.32. The first-order valence-electron chi connectivity index (χ1n) is 9.52. The molecule has 0 N–H and O–H groups in total. The Balaban J connectivity index is 1.45. The monoisotopic (exact) mass is 368 g/mol. The van der Waals surface area contributed by atoms with Gasteiger partial charge in [-0.2, -0.15) is 0 Å². The van der Waals surface area contributed by atoms with Crippen LogP contribution in [0.5, 0.6) is 0 Å². The lowest BCUT2D eigenvalue weighted by Gasteiger charge is -2.16. The van der Waals surface area contributed by atoms with Crippen molar-refractivity contribution in [3.05, 3.63) is 50.7 Å². The van der Waals surface area contributed by atoms with Crippen molar-refractivity contribution >= 4 is 22.5 Å². The van der Waals surface area contributed by atoms with Crippen LogP contribution in [0.2, 0.25) is 0 Å². The fraction of sp³-hybridized carbons (Fsp3) is 0.500. The number of fused-ring (bicyclic) bond motifs is 1. The van der Waals surface area contributed by atoms with Crippen LogP contribution in [0.4, 0.5) is 0 Å². The molecular weight excluding hydrogens is 344 g/mol. The van der Waals surface area contributed by atoms with Gasteiger partial charge in [0.2, 0.25) is 0 Å². The Morgan fingerprint density at radius 3 is 2.92 bits per heavy atom. The van der Waals surface area contributed by atoms with Crippen LogP contribution in [0, 0.1) is 12.8 Å². The summed E-state index contributed by atoms with van der Waals surface area (Å²) >= 11 is 1.83. The van der Waals surface area contributed by atoms with Crippen molar-refractivity contribution in [1.82, 2.24) is 19.0 Å². The lowest BCUT2D eigenvalue weighted by molar-refractivity contribution is 0.317. The zero-order chi connectivity index (χ0) is 17.7. The van der Waals surface area contributed by atoms with Gasteiger partial charge in [0, 0.05) is 37.3 Å². The van der Waals surface area contributed by atoms with Crippen LogP contribution < -0.4 is 5.69 Å². The highest BCUT2D eigenvalue weighted by Gasteiger charge is 2.30.